The first-order valence-corrected chi connectivity index (χ1v) is 10.9. The van der Waals surface area contributed by atoms with Crippen LogP contribution in [0.15, 0.2) is 29.2 Å². The van der Waals surface area contributed by atoms with Crippen molar-refractivity contribution in [3.8, 4) is 0 Å². The molecule has 0 saturated carbocycles. The standard InChI is InChI=1S/C18H17F3N4O3S2/c1-9-14-10(2)23-11(3)24-17(14)29-15(9)16(26)25-12-4-6-13(7-5-12)30(27,28)22-8-18(19,20)21/h4-7,22H,8H2,1-3H3,(H,25,26). The maximum atomic E-state index is 12.7. The summed E-state index contributed by atoms with van der Waals surface area (Å²) in [7, 11) is -4.32. The van der Waals surface area contributed by atoms with Crippen LogP contribution in [0.25, 0.3) is 10.2 Å². The fourth-order valence-electron chi connectivity index (χ4n) is 2.86. The van der Waals surface area contributed by atoms with Gasteiger partial charge < -0.3 is 5.32 Å². The van der Waals surface area contributed by atoms with Gasteiger partial charge in [0, 0.05) is 16.8 Å². The van der Waals surface area contributed by atoms with Gasteiger partial charge in [0.15, 0.2) is 0 Å². The van der Waals surface area contributed by atoms with E-state index in [-0.39, 0.29) is 4.90 Å². The highest BCUT2D eigenvalue weighted by atomic mass is 32.2. The number of anilines is 1. The number of carbonyl (C=O) groups is 1. The van der Waals surface area contributed by atoms with Gasteiger partial charge in [-0.3, -0.25) is 4.79 Å². The summed E-state index contributed by atoms with van der Waals surface area (Å²) in [5, 5.41) is 3.47. The van der Waals surface area contributed by atoms with Crippen LogP contribution in [-0.2, 0) is 10.0 Å². The number of hydrogen-bond acceptors (Lipinski definition) is 6. The first-order valence-electron chi connectivity index (χ1n) is 8.59. The molecule has 3 rings (SSSR count). The number of rotatable bonds is 5. The van der Waals surface area contributed by atoms with Gasteiger partial charge in [-0.2, -0.15) is 13.2 Å². The van der Waals surface area contributed by atoms with E-state index in [9.17, 15) is 26.4 Å². The molecule has 0 radical (unpaired) electrons. The minimum atomic E-state index is -4.66. The van der Waals surface area contributed by atoms with Crippen LogP contribution < -0.4 is 10.0 Å². The van der Waals surface area contributed by atoms with Crippen molar-refractivity contribution in [2.24, 2.45) is 0 Å². The Morgan fingerprint density at radius 2 is 1.73 bits per heavy atom. The summed E-state index contributed by atoms with van der Waals surface area (Å²) in [6.45, 7) is 3.73. The van der Waals surface area contributed by atoms with Gasteiger partial charge >= 0.3 is 6.18 Å². The molecule has 1 aromatic carbocycles. The van der Waals surface area contributed by atoms with Crippen molar-refractivity contribution < 1.29 is 26.4 Å². The molecule has 0 atom stereocenters. The van der Waals surface area contributed by atoms with Crippen LogP contribution >= 0.6 is 11.3 Å². The molecule has 30 heavy (non-hydrogen) atoms. The van der Waals surface area contributed by atoms with Crippen molar-refractivity contribution in [1.29, 1.82) is 0 Å². The highest BCUT2D eigenvalue weighted by molar-refractivity contribution is 7.89. The summed E-state index contributed by atoms with van der Waals surface area (Å²) in [6.07, 6.45) is -4.66. The largest absolute Gasteiger partial charge is 0.402 e. The summed E-state index contributed by atoms with van der Waals surface area (Å²) in [5.74, 6) is 0.197. The lowest BCUT2D eigenvalue weighted by atomic mass is 10.1. The van der Waals surface area contributed by atoms with E-state index in [1.54, 1.807) is 13.8 Å². The van der Waals surface area contributed by atoms with E-state index in [2.05, 4.69) is 15.3 Å². The van der Waals surface area contributed by atoms with Gasteiger partial charge in [-0.05, 0) is 50.6 Å². The van der Waals surface area contributed by atoms with Crippen molar-refractivity contribution in [3.63, 3.8) is 0 Å². The van der Waals surface area contributed by atoms with Gasteiger partial charge in [0.1, 0.15) is 17.2 Å². The number of benzene rings is 1. The second-order valence-electron chi connectivity index (χ2n) is 6.51. The van der Waals surface area contributed by atoms with E-state index < -0.39 is 28.7 Å². The van der Waals surface area contributed by atoms with Crippen LogP contribution in [0.2, 0.25) is 0 Å². The van der Waals surface area contributed by atoms with Gasteiger partial charge in [0.2, 0.25) is 10.0 Å². The molecule has 0 aliphatic carbocycles. The molecular formula is C18H17F3N4O3S2. The smallest absolute Gasteiger partial charge is 0.321 e. The quantitative estimate of drug-likeness (QED) is 0.607. The molecule has 2 aromatic heterocycles. The third-order valence-electron chi connectivity index (χ3n) is 4.17. The Labute approximate surface area is 174 Å². The lowest BCUT2D eigenvalue weighted by Gasteiger charge is -2.10. The summed E-state index contributed by atoms with van der Waals surface area (Å²) < 4.78 is 62.1. The Hall–Kier alpha value is -2.57. The summed E-state index contributed by atoms with van der Waals surface area (Å²) in [6, 6.07) is 4.84. The number of sulfonamides is 1. The molecule has 2 N–H and O–H groups in total. The molecule has 3 aromatic rings. The lowest BCUT2D eigenvalue weighted by Crippen LogP contribution is -2.33. The first-order chi connectivity index (χ1) is 13.9. The Morgan fingerprint density at radius 3 is 2.33 bits per heavy atom. The van der Waals surface area contributed by atoms with Crippen LogP contribution in [-0.4, -0.2) is 37.0 Å². The van der Waals surface area contributed by atoms with Crippen molar-refractivity contribution in [2.45, 2.75) is 31.8 Å². The Balaban J connectivity index is 1.79. The topological polar surface area (TPSA) is 101 Å². The minimum Gasteiger partial charge on any atom is -0.321 e. The summed E-state index contributed by atoms with van der Waals surface area (Å²) in [4.78, 5) is 22.2. The summed E-state index contributed by atoms with van der Waals surface area (Å²) in [5.41, 5.74) is 1.80. The van der Waals surface area contributed by atoms with Gasteiger partial charge in [0.25, 0.3) is 5.91 Å². The SMILES string of the molecule is Cc1nc(C)c2c(C)c(C(=O)Nc3ccc(S(=O)(=O)NCC(F)(F)F)cc3)sc2n1. The molecule has 2 heterocycles. The van der Waals surface area contributed by atoms with E-state index in [0.717, 1.165) is 28.8 Å². The first kappa shape index (κ1) is 22.1. The van der Waals surface area contributed by atoms with Gasteiger partial charge in [-0.15, -0.1) is 11.3 Å². The number of halogens is 3. The zero-order valence-corrected chi connectivity index (χ0v) is 17.7. The molecule has 0 aliphatic heterocycles. The Bertz CT molecular complexity index is 1220. The maximum absolute atomic E-state index is 12.7. The van der Waals surface area contributed by atoms with Crippen LogP contribution in [0.4, 0.5) is 18.9 Å². The second-order valence-corrected chi connectivity index (χ2v) is 9.28. The number of nitrogens with zero attached hydrogens (tertiary/aromatic N) is 2. The predicted octanol–water partition coefficient (Wildman–Crippen LogP) is 3.71. The average Bonchev–Trinajstić information content (AvgIpc) is 2.97. The zero-order chi connectivity index (χ0) is 22.3. The number of amides is 1. The molecule has 12 heteroatoms. The van der Waals surface area contributed by atoms with Gasteiger partial charge in [-0.1, -0.05) is 0 Å². The zero-order valence-electron chi connectivity index (χ0n) is 16.1. The van der Waals surface area contributed by atoms with E-state index in [1.807, 2.05) is 6.92 Å². The highest BCUT2D eigenvalue weighted by Gasteiger charge is 2.30. The number of nitrogens with one attached hydrogen (secondary N) is 2. The van der Waals surface area contributed by atoms with E-state index in [0.29, 0.717) is 21.2 Å². The van der Waals surface area contributed by atoms with Crippen LogP contribution in [0.5, 0.6) is 0 Å². The van der Waals surface area contributed by atoms with E-state index in [1.165, 1.54) is 28.2 Å². The third kappa shape index (κ3) is 4.77. The van der Waals surface area contributed by atoms with E-state index >= 15 is 0 Å². The molecule has 0 unspecified atom stereocenters. The Kier molecular flexibility index (Phi) is 5.85. The predicted molar refractivity (Wildman–Crippen MR) is 107 cm³/mol. The maximum Gasteiger partial charge on any atom is 0.402 e. The lowest BCUT2D eigenvalue weighted by molar-refractivity contribution is -0.121. The summed E-state index contributed by atoms with van der Waals surface area (Å²) >= 11 is 1.22. The number of alkyl halides is 3. The monoisotopic (exact) mass is 458 g/mol. The third-order valence-corrected chi connectivity index (χ3v) is 6.78. The normalized spacial score (nSPS) is 12.3. The molecule has 0 saturated heterocycles. The number of thiophene rings is 1. The van der Waals surface area contributed by atoms with Crippen molar-refractivity contribution in [2.75, 3.05) is 11.9 Å². The second kappa shape index (κ2) is 7.93. The Morgan fingerprint density at radius 1 is 1.10 bits per heavy atom. The number of carbonyl (C=O) groups excluding carboxylic acids is 1. The highest BCUT2D eigenvalue weighted by Crippen LogP contribution is 2.31. The molecule has 1 amide bonds. The van der Waals surface area contributed by atoms with Crippen molar-refractivity contribution in [1.82, 2.24) is 14.7 Å². The molecule has 0 aliphatic rings. The average molecular weight is 458 g/mol. The van der Waals surface area contributed by atoms with Crippen LogP contribution in [0, 0.1) is 20.8 Å². The van der Waals surface area contributed by atoms with Crippen LogP contribution in [0.3, 0.4) is 0 Å². The van der Waals surface area contributed by atoms with Crippen molar-refractivity contribution >= 4 is 43.2 Å². The van der Waals surface area contributed by atoms with Crippen molar-refractivity contribution in [3.05, 3.63) is 46.2 Å². The number of aryl methyl sites for hydroxylation is 3. The minimum absolute atomic E-state index is 0.297. The van der Waals surface area contributed by atoms with Crippen LogP contribution in [0.1, 0.15) is 26.8 Å². The fraction of sp³-hybridized carbons (Fsp3) is 0.278. The number of hydrogen-bond donors (Lipinski definition) is 2. The molecular weight excluding hydrogens is 441 g/mol. The number of aromatic nitrogens is 2. The number of fused-ring (bicyclic) bond motifs is 1. The van der Waals surface area contributed by atoms with E-state index in [4.69, 9.17) is 0 Å². The fourth-order valence-corrected chi connectivity index (χ4v) is 5.04. The molecule has 0 spiro atoms. The van der Waals surface area contributed by atoms with Gasteiger partial charge in [-0.25, -0.2) is 23.1 Å². The molecule has 160 valence electrons. The molecule has 0 bridgehead atoms. The van der Waals surface area contributed by atoms with Gasteiger partial charge in [0.05, 0.1) is 9.77 Å². The molecule has 0 fully saturated rings. The molecule has 7 nitrogen and oxygen atoms in total.